The van der Waals surface area contributed by atoms with Gasteiger partial charge in [0.15, 0.2) is 5.75 Å². The number of hydrogen-bond acceptors (Lipinski definition) is 5. The van der Waals surface area contributed by atoms with Crippen LogP contribution in [0.5, 0.6) is 5.75 Å². The number of piperidine rings is 1. The molecule has 0 spiro atoms. The lowest BCUT2D eigenvalue weighted by molar-refractivity contribution is -0.385. The highest BCUT2D eigenvalue weighted by molar-refractivity contribution is 6.04. The van der Waals surface area contributed by atoms with Crippen molar-refractivity contribution in [2.75, 3.05) is 23.4 Å². The normalized spacial score (nSPS) is 16.5. The number of nitrogens with one attached hydrogen (secondary N) is 1. The van der Waals surface area contributed by atoms with Gasteiger partial charge in [-0.3, -0.25) is 14.9 Å². The molecular formula is C21H25N3O4. The summed E-state index contributed by atoms with van der Waals surface area (Å²) in [4.78, 5) is 25.6. The van der Waals surface area contributed by atoms with Gasteiger partial charge in [0.1, 0.15) is 0 Å². The Morgan fingerprint density at radius 3 is 2.64 bits per heavy atom. The summed E-state index contributed by atoms with van der Waals surface area (Å²) < 4.78 is 5.25. The molecule has 28 heavy (non-hydrogen) atoms. The van der Waals surface area contributed by atoms with Gasteiger partial charge >= 0.3 is 5.69 Å². The second-order valence-corrected chi connectivity index (χ2v) is 6.91. The molecule has 7 nitrogen and oxygen atoms in total. The first-order valence-corrected chi connectivity index (χ1v) is 9.59. The Morgan fingerprint density at radius 2 is 2.00 bits per heavy atom. The topological polar surface area (TPSA) is 84.7 Å². The maximum atomic E-state index is 12.5. The van der Waals surface area contributed by atoms with Crippen LogP contribution in [0, 0.1) is 10.1 Å². The van der Waals surface area contributed by atoms with Gasteiger partial charge in [-0.1, -0.05) is 0 Å². The fourth-order valence-electron chi connectivity index (χ4n) is 3.50. The largest absolute Gasteiger partial charge is 0.487 e. The molecule has 1 saturated heterocycles. The molecule has 0 bridgehead atoms. The maximum absolute atomic E-state index is 12.5. The molecule has 1 heterocycles. The van der Waals surface area contributed by atoms with Crippen molar-refractivity contribution >= 4 is 23.0 Å². The van der Waals surface area contributed by atoms with Crippen molar-refractivity contribution in [3.8, 4) is 5.75 Å². The van der Waals surface area contributed by atoms with E-state index in [-0.39, 0.29) is 17.0 Å². The van der Waals surface area contributed by atoms with Gasteiger partial charge in [0.2, 0.25) is 0 Å². The van der Waals surface area contributed by atoms with Crippen LogP contribution < -0.4 is 15.0 Å². The molecule has 1 atom stereocenters. The van der Waals surface area contributed by atoms with Gasteiger partial charge in [-0.2, -0.15) is 0 Å². The average Bonchev–Trinajstić information content (AvgIpc) is 2.69. The van der Waals surface area contributed by atoms with Gasteiger partial charge in [0.05, 0.1) is 11.5 Å². The zero-order chi connectivity index (χ0) is 20.1. The van der Waals surface area contributed by atoms with Gasteiger partial charge < -0.3 is 15.0 Å². The molecule has 0 aromatic heterocycles. The Kier molecular flexibility index (Phi) is 6.13. The van der Waals surface area contributed by atoms with Crippen molar-refractivity contribution in [1.82, 2.24) is 0 Å². The molecule has 1 fully saturated rings. The number of nitrogens with zero attached hydrogens (tertiary/aromatic N) is 2. The summed E-state index contributed by atoms with van der Waals surface area (Å²) in [6, 6.07) is 12.4. The van der Waals surface area contributed by atoms with Gasteiger partial charge in [0, 0.05) is 35.6 Å². The number of anilines is 2. The first kappa shape index (κ1) is 19.7. The molecule has 2 aromatic rings. The quantitative estimate of drug-likeness (QED) is 0.581. The van der Waals surface area contributed by atoms with E-state index in [9.17, 15) is 14.9 Å². The number of rotatable bonds is 6. The minimum atomic E-state index is -0.545. The lowest BCUT2D eigenvalue weighted by atomic mass is 10.0. The predicted molar refractivity (Wildman–Crippen MR) is 109 cm³/mol. The summed E-state index contributed by atoms with van der Waals surface area (Å²) in [5.74, 6) is -0.241. The van der Waals surface area contributed by atoms with Crippen molar-refractivity contribution in [2.45, 2.75) is 39.2 Å². The smallest absolute Gasteiger partial charge is 0.311 e. The third-order valence-corrected chi connectivity index (χ3v) is 4.98. The number of ether oxygens (including phenoxy) is 1. The molecule has 2 aromatic carbocycles. The van der Waals surface area contributed by atoms with Gasteiger partial charge in [-0.15, -0.1) is 0 Å². The summed E-state index contributed by atoms with van der Waals surface area (Å²) >= 11 is 0. The Bertz CT molecular complexity index is 851. The minimum Gasteiger partial charge on any atom is -0.487 e. The Hall–Kier alpha value is -3.09. The fourth-order valence-corrected chi connectivity index (χ4v) is 3.50. The van der Waals surface area contributed by atoms with Gasteiger partial charge in [0.25, 0.3) is 5.91 Å². The Morgan fingerprint density at radius 1 is 1.25 bits per heavy atom. The maximum Gasteiger partial charge on any atom is 0.311 e. The summed E-state index contributed by atoms with van der Waals surface area (Å²) in [5, 5.41) is 14.0. The van der Waals surface area contributed by atoms with Crippen LogP contribution in [0.1, 0.15) is 43.5 Å². The number of nitro benzene ring substituents is 1. The Balaban J connectivity index is 1.72. The first-order valence-electron chi connectivity index (χ1n) is 9.59. The summed E-state index contributed by atoms with van der Waals surface area (Å²) in [6.45, 7) is 5.34. The van der Waals surface area contributed by atoms with E-state index in [1.54, 1.807) is 6.92 Å². The van der Waals surface area contributed by atoms with Crippen LogP contribution in [-0.4, -0.2) is 30.0 Å². The van der Waals surface area contributed by atoms with E-state index >= 15 is 0 Å². The van der Waals surface area contributed by atoms with Crippen LogP contribution in [0.3, 0.4) is 0 Å². The molecule has 1 aliphatic rings. The van der Waals surface area contributed by atoms with Crippen LogP contribution >= 0.6 is 0 Å². The van der Waals surface area contributed by atoms with E-state index in [2.05, 4.69) is 17.1 Å². The summed E-state index contributed by atoms with van der Waals surface area (Å²) in [6.07, 6.45) is 3.65. The van der Waals surface area contributed by atoms with Crippen molar-refractivity contribution < 1.29 is 14.5 Å². The molecule has 0 unspecified atom stereocenters. The SMILES string of the molecule is CCOc1ccc(C(=O)Nc2ccc(N3CCCC[C@@H]3C)cc2)cc1[N+](=O)[O-]. The van der Waals surface area contributed by atoms with E-state index in [0.29, 0.717) is 18.3 Å². The number of nitro groups is 1. The zero-order valence-electron chi connectivity index (χ0n) is 16.2. The molecule has 1 aliphatic heterocycles. The van der Waals surface area contributed by atoms with E-state index in [4.69, 9.17) is 4.74 Å². The lowest BCUT2D eigenvalue weighted by Gasteiger charge is -2.35. The van der Waals surface area contributed by atoms with Crippen LogP contribution in [-0.2, 0) is 0 Å². The van der Waals surface area contributed by atoms with Crippen molar-refractivity contribution in [3.05, 3.63) is 58.1 Å². The molecular weight excluding hydrogens is 358 g/mol. The number of carbonyl (C=O) groups is 1. The number of hydrogen-bond donors (Lipinski definition) is 1. The standard InChI is InChI=1S/C21H25N3O4/c1-3-28-20-12-7-16(14-19(20)24(26)27)21(25)22-17-8-10-18(11-9-17)23-13-5-4-6-15(23)2/h7-12,14-15H,3-6,13H2,1-2H3,(H,22,25)/t15-/m0/s1. The molecule has 0 radical (unpaired) electrons. The van der Waals surface area contributed by atoms with E-state index < -0.39 is 10.8 Å². The highest BCUT2D eigenvalue weighted by Gasteiger charge is 2.20. The van der Waals surface area contributed by atoms with Crippen molar-refractivity contribution in [2.24, 2.45) is 0 Å². The van der Waals surface area contributed by atoms with E-state index in [1.165, 1.54) is 37.5 Å². The summed E-state index contributed by atoms with van der Waals surface area (Å²) in [5.41, 5.74) is 1.78. The molecule has 0 saturated carbocycles. The second-order valence-electron chi connectivity index (χ2n) is 6.91. The van der Waals surface area contributed by atoms with Gasteiger partial charge in [-0.05, 0) is 69.5 Å². The predicted octanol–water partition coefficient (Wildman–Crippen LogP) is 4.62. The Labute approximate surface area is 164 Å². The van der Waals surface area contributed by atoms with Crippen molar-refractivity contribution in [3.63, 3.8) is 0 Å². The number of carbonyl (C=O) groups excluding carboxylic acids is 1. The lowest BCUT2D eigenvalue weighted by Crippen LogP contribution is -2.37. The molecule has 3 rings (SSSR count). The van der Waals surface area contributed by atoms with Crippen LogP contribution in [0.25, 0.3) is 0 Å². The monoisotopic (exact) mass is 383 g/mol. The van der Waals surface area contributed by atoms with Crippen LogP contribution in [0.4, 0.5) is 17.1 Å². The highest BCUT2D eigenvalue weighted by Crippen LogP contribution is 2.29. The van der Waals surface area contributed by atoms with E-state index in [0.717, 1.165) is 12.2 Å². The van der Waals surface area contributed by atoms with Crippen molar-refractivity contribution in [1.29, 1.82) is 0 Å². The highest BCUT2D eigenvalue weighted by atomic mass is 16.6. The summed E-state index contributed by atoms with van der Waals surface area (Å²) in [7, 11) is 0. The molecule has 148 valence electrons. The third kappa shape index (κ3) is 4.42. The molecule has 1 amide bonds. The third-order valence-electron chi connectivity index (χ3n) is 4.98. The average molecular weight is 383 g/mol. The fraction of sp³-hybridized carbons (Fsp3) is 0.381. The molecule has 1 N–H and O–H groups in total. The first-order chi connectivity index (χ1) is 13.5. The van der Waals surface area contributed by atoms with Crippen LogP contribution in [0.15, 0.2) is 42.5 Å². The number of benzene rings is 2. The van der Waals surface area contributed by atoms with Gasteiger partial charge in [-0.25, -0.2) is 0 Å². The second kappa shape index (κ2) is 8.73. The zero-order valence-corrected chi connectivity index (χ0v) is 16.2. The van der Waals surface area contributed by atoms with E-state index in [1.807, 2.05) is 24.3 Å². The number of amides is 1. The molecule has 0 aliphatic carbocycles. The molecule has 7 heteroatoms. The minimum absolute atomic E-state index is 0.157. The van der Waals surface area contributed by atoms with Crippen LogP contribution in [0.2, 0.25) is 0 Å².